The number of phenolic OH excluding ortho intramolecular Hbond substituents is 1. The van der Waals surface area contributed by atoms with Crippen molar-refractivity contribution in [2.45, 2.75) is 13.8 Å². The Morgan fingerprint density at radius 2 is 1.96 bits per heavy atom. The number of amides is 1. The van der Waals surface area contributed by atoms with Crippen LogP contribution in [0.2, 0.25) is 0 Å². The SMILES string of the molecule is CCN(CC)C(=O)COC(=O)/C=C/c1cc(Br)c(O)c(OC)c1. The molecule has 0 fully saturated rings. The summed E-state index contributed by atoms with van der Waals surface area (Å²) < 4.78 is 10.4. The van der Waals surface area contributed by atoms with Gasteiger partial charge in [-0.2, -0.15) is 0 Å². The molecule has 1 aromatic carbocycles. The Kier molecular flexibility index (Phi) is 7.61. The summed E-state index contributed by atoms with van der Waals surface area (Å²) in [5, 5.41) is 9.71. The Balaban J connectivity index is 2.66. The third kappa shape index (κ3) is 5.59. The van der Waals surface area contributed by atoms with Gasteiger partial charge in [0.2, 0.25) is 0 Å². The summed E-state index contributed by atoms with van der Waals surface area (Å²) in [4.78, 5) is 25.0. The van der Waals surface area contributed by atoms with Gasteiger partial charge in [-0.1, -0.05) is 0 Å². The molecule has 1 N–H and O–H groups in total. The van der Waals surface area contributed by atoms with E-state index in [1.807, 2.05) is 13.8 Å². The maximum Gasteiger partial charge on any atom is 0.331 e. The number of benzene rings is 1. The van der Waals surface area contributed by atoms with Gasteiger partial charge >= 0.3 is 5.97 Å². The van der Waals surface area contributed by atoms with E-state index in [4.69, 9.17) is 9.47 Å². The molecule has 0 aliphatic carbocycles. The lowest BCUT2D eigenvalue weighted by molar-refractivity contribution is -0.147. The molecular weight excluding hydrogens is 366 g/mol. The van der Waals surface area contributed by atoms with Crippen LogP contribution in [0.3, 0.4) is 0 Å². The van der Waals surface area contributed by atoms with E-state index in [1.165, 1.54) is 19.3 Å². The van der Waals surface area contributed by atoms with Crippen molar-refractivity contribution in [2.75, 3.05) is 26.8 Å². The minimum atomic E-state index is -0.617. The number of hydrogen-bond donors (Lipinski definition) is 1. The first-order valence-corrected chi connectivity index (χ1v) is 7.91. The highest BCUT2D eigenvalue weighted by molar-refractivity contribution is 9.10. The summed E-state index contributed by atoms with van der Waals surface area (Å²) in [6, 6.07) is 3.20. The fourth-order valence-electron chi connectivity index (χ4n) is 1.86. The monoisotopic (exact) mass is 385 g/mol. The molecule has 0 unspecified atom stereocenters. The summed E-state index contributed by atoms with van der Waals surface area (Å²) in [7, 11) is 1.43. The van der Waals surface area contributed by atoms with Crippen LogP contribution >= 0.6 is 15.9 Å². The molecule has 23 heavy (non-hydrogen) atoms. The van der Waals surface area contributed by atoms with Crippen LogP contribution < -0.4 is 4.74 Å². The number of halogens is 1. The predicted octanol–water partition coefficient (Wildman–Crippen LogP) is 2.59. The van der Waals surface area contributed by atoms with Crippen LogP contribution in [0.25, 0.3) is 6.08 Å². The van der Waals surface area contributed by atoms with Crippen molar-refractivity contribution in [1.82, 2.24) is 4.90 Å². The summed E-state index contributed by atoms with van der Waals surface area (Å²) in [5.41, 5.74) is 0.638. The molecule has 0 heterocycles. The minimum absolute atomic E-state index is 0.0166. The Hall–Kier alpha value is -2.02. The molecule has 0 radical (unpaired) electrons. The van der Waals surface area contributed by atoms with E-state index < -0.39 is 5.97 Å². The summed E-state index contributed by atoms with van der Waals surface area (Å²) >= 11 is 3.20. The molecule has 0 bridgehead atoms. The second kappa shape index (κ2) is 9.19. The van der Waals surface area contributed by atoms with E-state index in [9.17, 15) is 14.7 Å². The smallest absolute Gasteiger partial charge is 0.331 e. The molecule has 6 nitrogen and oxygen atoms in total. The Labute approximate surface area is 143 Å². The maximum atomic E-state index is 11.7. The van der Waals surface area contributed by atoms with Crippen molar-refractivity contribution >= 4 is 33.9 Å². The van der Waals surface area contributed by atoms with Crippen LogP contribution in [0.1, 0.15) is 19.4 Å². The topological polar surface area (TPSA) is 76.1 Å². The van der Waals surface area contributed by atoms with Crippen LogP contribution in [-0.2, 0) is 14.3 Å². The van der Waals surface area contributed by atoms with Crippen LogP contribution in [0, 0.1) is 0 Å². The number of phenols is 1. The summed E-state index contributed by atoms with van der Waals surface area (Å²) in [6.07, 6.45) is 2.73. The Morgan fingerprint density at radius 1 is 1.30 bits per heavy atom. The fourth-order valence-corrected chi connectivity index (χ4v) is 2.32. The van der Waals surface area contributed by atoms with E-state index in [-0.39, 0.29) is 24.0 Å². The quantitative estimate of drug-likeness (QED) is 0.576. The Morgan fingerprint density at radius 3 is 2.52 bits per heavy atom. The molecule has 1 rings (SSSR count). The lowest BCUT2D eigenvalue weighted by Crippen LogP contribution is -2.34. The zero-order valence-corrected chi connectivity index (χ0v) is 14.9. The van der Waals surface area contributed by atoms with Gasteiger partial charge in [-0.15, -0.1) is 0 Å². The molecule has 0 atom stereocenters. The molecule has 0 aliphatic rings. The van der Waals surface area contributed by atoms with E-state index in [0.29, 0.717) is 23.1 Å². The van der Waals surface area contributed by atoms with Crippen LogP contribution in [0.4, 0.5) is 0 Å². The molecular formula is C16H20BrNO5. The van der Waals surface area contributed by atoms with E-state index in [0.717, 1.165) is 0 Å². The van der Waals surface area contributed by atoms with Crippen molar-refractivity contribution in [2.24, 2.45) is 0 Å². The van der Waals surface area contributed by atoms with E-state index in [1.54, 1.807) is 17.0 Å². The molecule has 0 spiro atoms. The first-order valence-electron chi connectivity index (χ1n) is 7.12. The number of carbonyl (C=O) groups is 2. The second-order valence-corrected chi connectivity index (χ2v) is 5.42. The fraction of sp³-hybridized carbons (Fsp3) is 0.375. The Bertz CT molecular complexity index is 596. The number of ether oxygens (including phenoxy) is 2. The van der Waals surface area contributed by atoms with Crippen molar-refractivity contribution in [3.8, 4) is 11.5 Å². The number of aromatic hydroxyl groups is 1. The average Bonchev–Trinajstić information content (AvgIpc) is 2.54. The van der Waals surface area contributed by atoms with Crippen LogP contribution in [0.15, 0.2) is 22.7 Å². The van der Waals surface area contributed by atoms with Crippen molar-refractivity contribution in [1.29, 1.82) is 0 Å². The number of esters is 1. The highest BCUT2D eigenvalue weighted by atomic mass is 79.9. The molecule has 1 amide bonds. The van der Waals surface area contributed by atoms with Crippen molar-refractivity contribution in [3.05, 3.63) is 28.2 Å². The largest absolute Gasteiger partial charge is 0.503 e. The van der Waals surface area contributed by atoms with E-state index >= 15 is 0 Å². The molecule has 0 aromatic heterocycles. The predicted molar refractivity (Wildman–Crippen MR) is 90.3 cm³/mol. The zero-order valence-electron chi connectivity index (χ0n) is 13.3. The molecule has 0 saturated heterocycles. The first kappa shape index (κ1) is 19.0. The number of nitrogens with zero attached hydrogens (tertiary/aromatic N) is 1. The van der Waals surface area contributed by atoms with Gasteiger partial charge in [0.15, 0.2) is 18.1 Å². The minimum Gasteiger partial charge on any atom is -0.503 e. The van der Waals surface area contributed by atoms with Gasteiger partial charge in [-0.3, -0.25) is 4.79 Å². The highest BCUT2D eigenvalue weighted by Gasteiger charge is 2.11. The third-order valence-electron chi connectivity index (χ3n) is 3.14. The number of methoxy groups -OCH3 is 1. The van der Waals surface area contributed by atoms with Crippen LogP contribution in [0.5, 0.6) is 11.5 Å². The average molecular weight is 386 g/mol. The second-order valence-electron chi connectivity index (χ2n) is 4.56. The number of likely N-dealkylation sites (N-methyl/N-ethyl adjacent to an activating group) is 1. The van der Waals surface area contributed by atoms with Gasteiger partial charge in [0.25, 0.3) is 5.91 Å². The number of rotatable bonds is 7. The van der Waals surface area contributed by atoms with E-state index in [2.05, 4.69) is 15.9 Å². The van der Waals surface area contributed by atoms with Gasteiger partial charge in [-0.25, -0.2) is 4.79 Å². The van der Waals surface area contributed by atoms with Gasteiger partial charge in [-0.05, 0) is 53.5 Å². The zero-order chi connectivity index (χ0) is 17.4. The molecule has 7 heteroatoms. The molecule has 126 valence electrons. The third-order valence-corrected chi connectivity index (χ3v) is 3.74. The maximum absolute atomic E-state index is 11.7. The molecule has 0 saturated carbocycles. The lowest BCUT2D eigenvalue weighted by atomic mass is 10.2. The highest BCUT2D eigenvalue weighted by Crippen LogP contribution is 2.35. The van der Waals surface area contributed by atoms with Crippen molar-refractivity contribution in [3.63, 3.8) is 0 Å². The normalized spacial score (nSPS) is 10.6. The van der Waals surface area contributed by atoms with Gasteiger partial charge < -0.3 is 19.5 Å². The first-order chi connectivity index (χ1) is 10.9. The number of hydrogen-bond acceptors (Lipinski definition) is 5. The lowest BCUT2D eigenvalue weighted by Gasteiger charge is -2.17. The standard InChI is InChI=1S/C16H20BrNO5/c1-4-18(5-2)14(19)10-23-15(20)7-6-11-8-12(17)16(21)13(9-11)22-3/h6-9,21H,4-5,10H2,1-3H3/b7-6+. The van der Waals surface area contributed by atoms with Crippen molar-refractivity contribution < 1.29 is 24.2 Å². The number of carbonyl (C=O) groups excluding carboxylic acids is 2. The summed E-state index contributed by atoms with van der Waals surface area (Å²) in [5.74, 6) is -0.583. The van der Waals surface area contributed by atoms with Gasteiger partial charge in [0.05, 0.1) is 11.6 Å². The summed E-state index contributed by atoms with van der Waals surface area (Å²) in [6.45, 7) is 4.58. The van der Waals surface area contributed by atoms with Gasteiger partial charge in [0.1, 0.15) is 0 Å². The van der Waals surface area contributed by atoms with Gasteiger partial charge in [0, 0.05) is 19.2 Å². The molecule has 0 aliphatic heterocycles. The molecule has 1 aromatic rings. The van der Waals surface area contributed by atoms with Crippen LogP contribution in [-0.4, -0.2) is 48.7 Å².